The SMILES string of the molecule is CNC(C)(C)CNC1(C)CCCCC1. The van der Waals surface area contributed by atoms with E-state index in [0.29, 0.717) is 5.54 Å². The summed E-state index contributed by atoms with van der Waals surface area (Å²) in [4.78, 5) is 0. The fourth-order valence-electron chi connectivity index (χ4n) is 2.03. The van der Waals surface area contributed by atoms with Gasteiger partial charge in [0.25, 0.3) is 0 Å². The molecule has 0 aromatic carbocycles. The molecule has 1 aliphatic carbocycles. The first-order chi connectivity index (χ1) is 6.47. The van der Waals surface area contributed by atoms with Crippen LogP contribution >= 0.6 is 0 Å². The summed E-state index contributed by atoms with van der Waals surface area (Å²) in [5, 5.41) is 7.06. The Morgan fingerprint density at radius 1 is 1.14 bits per heavy atom. The highest BCUT2D eigenvalue weighted by molar-refractivity contribution is 4.90. The van der Waals surface area contributed by atoms with E-state index in [2.05, 4.69) is 31.4 Å². The first kappa shape index (κ1) is 12.0. The second-order valence-corrected chi connectivity index (χ2v) is 5.61. The number of likely N-dealkylation sites (N-methyl/N-ethyl adjacent to an activating group) is 1. The minimum atomic E-state index is 0.209. The van der Waals surface area contributed by atoms with Crippen LogP contribution in [-0.2, 0) is 0 Å². The second-order valence-electron chi connectivity index (χ2n) is 5.61. The van der Waals surface area contributed by atoms with E-state index in [9.17, 15) is 0 Å². The van der Waals surface area contributed by atoms with E-state index in [0.717, 1.165) is 6.54 Å². The predicted octanol–water partition coefficient (Wildman–Crippen LogP) is 2.30. The fraction of sp³-hybridized carbons (Fsp3) is 1.00. The van der Waals surface area contributed by atoms with Gasteiger partial charge in [0.15, 0.2) is 0 Å². The first-order valence-corrected chi connectivity index (χ1v) is 5.91. The fourth-order valence-corrected chi connectivity index (χ4v) is 2.03. The van der Waals surface area contributed by atoms with Crippen LogP contribution < -0.4 is 10.6 Å². The number of rotatable bonds is 4. The lowest BCUT2D eigenvalue weighted by molar-refractivity contribution is 0.229. The summed E-state index contributed by atoms with van der Waals surface area (Å²) in [6.07, 6.45) is 6.89. The van der Waals surface area contributed by atoms with Gasteiger partial charge in [0.05, 0.1) is 0 Å². The molecule has 2 heteroatoms. The van der Waals surface area contributed by atoms with E-state index in [-0.39, 0.29) is 5.54 Å². The Bertz CT molecular complexity index is 169. The van der Waals surface area contributed by atoms with Crippen LogP contribution in [0.3, 0.4) is 0 Å². The van der Waals surface area contributed by atoms with Gasteiger partial charge in [-0.05, 0) is 40.7 Å². The molecule has 14 heavy (non-hydrogen) atoms. The second kappa shape index (κ2) is 4.63. The molecule has 0 unspecified atom stereocenters. The zero-order chi connectivity index (χ0) is 10.7. The normalized spacial score (nSPS) is 22.3. The van der Waals surface area contributed by atoms with Crippen LogP contribution in [0.15, 0.2) is 0 Å². The molecule has 84 valence electrons. The van der Waals surface area contributed by atoms with Gasteiger partial charge >= 0.3 is 0 Å². The smallest absolute Gasteiger partial charge is 0.0246 e. The van der Waals surface area contributed by atoms with Crippen LogP contribution in [0.25, 0.3) is 0 Å². The number of nitrogens with one attached hydrogen (secondary N) is 2. The van der Waals surface area contributed by atoms with E-state index >= 15 is 0 Å². The highest BCUT2D eigenvalue weighted by Crippen LogP contribution is 2.27. The lowest BCUT2D eigenvalue weighted by Crippen LogP contribution is -2.53. The Labute approximate surface area is 88.8 Å². The zero-order valence-electron chi connectivity index (χ0n) is 10.2. The van der Waals surface area contributed by atoms with Crippen molar-refractivity contribution in [1.29, 1.82) is 0 Å². The molecule has 0 atom stereocenters. The molecule has 0 aliphatic heterocycles. The summed E-state index contributed by atoms with van der Waals surface area (Å²) < 4.78 is 0. The van der Waals surface area contributed by atoms with Crippen molar-refractivity contribution >= 4 is 0 Å². The summed E-state index contributed by atoms with van der Waals surface area (Å²) in [6.45, 7) is 7.91. The Hall–Kier alpha value is -0.0800. The molecule has 1 fully saturated rings. The minimum Gasteiger partial charge on any atom is -0.314 e. The summed E-state index contributed by atoms with van der Waals surface area (Å²) >= 11 is 0. The summed E-state index contributed by atoms with van der Waals surface area (Å²) in [5.41, 5.74) is 0.604. The van der Waals surface area contributed by atoms with Crippen LogP contribution in [0, 0.1) is 0 Å². The monoisotopic (exact) mass is 198 g/mol. The van der Waals surface area contributed by atoms with Gasteiger partial charge in [-0.25, -0.2) is 0 Å². The van der Waals surface area contributed by atoms with Gasteiger partial charge in [-0.15, -0.1) is 0 Å². The molecule has 2 nitrogen and oxygen atoms in total. The van der Waals surface area contributed by atoms with Gasteiger partial charge in [-0.2, -0.15) is 0 Å². The maximum atomic E-state index is 3.73. The van der Waals surface area contributed by atoms with E-state index in [1.54, 1.807) is 0 Å². The maximum absolute atomic E-state index is 3.73. The zero-order valence-corrected chi connectivity index (χ0v) is 10.2. The van der Waals surface area contributed by atoms with Gasteiger partial charge in [0.2, 0.25) is 0 Å². The first-order valence-electron chi connectivity index (χ1n) is 5.91. The van der Waals surface area contributed by atoms with E-state index in [1.165, 1.54) is 32.1 Å². The van der Waals surface area contributed by atoms with Crippen LogP contribution in [-0.4, -0.2) is 24.7 Å². The molecule has 1 rings (SSSR count). The summed E-state index contributed by atoms with van der Waals surface area (Å²) in [5.74, 6) is 0. The largest absolute Gasteiger partial charge is 0.314 e. The Balaban J connectivity index is 2.35. The number of hydrogen-bond donors (Lipinski definition) is 2. The molecule has 0 aromatic rings. The van der Waals surface area contributed by atoms with Crippen molar-refractivity contribution in [3.63, 3.8) is 0 Å². The van der Waals surface area contributed by atoms with Crippen molar-refractivity contribution in [3.05, 3.63) is 0 Å². The summed E-state index contributed by atoms with van der Waals surface area (Å²) in [6, 6.07) is 0. The van der Waals surface area contributed by atoms with E-state index < -0.39 is 0 Å². The standard InChI is InChI=1S/C12H26N2/c1-11(2,13-4)10-14-12(3)8-6-5-7-9-12/h13-14H,5-10H2,1-4H3. The van der Waals surface area contributed by atoms with Crippen molar-refractivity contribution in [2.24, 2.45) is 0 Å². The van der Waals surface area contributed by atoms with Gasteiger partial charge in [0.1, 0.15) is 0 Å². The lowest BCUT2D eigenvalue weighted by atomic mass is 9.83. The van der Waals surface area contributed by atoms with Crippen molar-refractivity contribution in [2.45, 2.75) is 64.0 Å². The Morgan fingerprint density at radius 2 is 1.71 bits per heavy atom. The summed E-state index contributed by atoms with van der Waals surface area (Å²) in [7, 11) is 2.03. The third kappa shape index (κ3) is 3.58. The quantitative estimate of drug-likeness (QED) is 0.724. The van der Waals surface area contributed by atoms with Crippen LogP contribution in [0.5, 0.6) is 0 Å². The van der Waals surface area contributed by atoms with Crippen molar-refractivity contribution < 1.29 is 0 Å². The maximum Gasteiger partial charge on any atom is 0.0246 e. The van der Waals surface area contributed by atoms with Crippen molar-refractivity contribution in [2.75, 3.05) is 13.6 Å². The third-order valence-corrected chi connectivity index (χ3v) is 3.59. The van der Waals surface area contributed by atoms with Gasteiger partial charge in [0, 0.05) is 17.6 Å². The molecule has 1 saturated carbocycles. The molecular weight excluding hydrogens is 172 g/mol. The van der Waals surface area contributed by atoms with Gasteiger partial charge < -0.3 is 10.6 Å². The molecule has 0 amide bonds. The predicted molar refractivity (Wildman–Crippen MR) is 62.6 cm³/mol. The van der Waals surface area contributed by atoms with Crippen molar-refractivity contribution in [1.82, 2.24) is 10.6 Å². The number of hydrogen-bond acceptors (Lipinski definition) is 2. The topological polar surface area (TPSA) is 24.1 Å². The molecule has 1 aliphatic rings. The molecule has 0 aromatic heterocycles. The molecule has 0 bridgehead atoms. The molecule has 0 radical (unpaired) electrons. The van der Waals surface area contributed by atoms with Crippen LogP contribution in [0.4, 0.5) is 0 Å². The molecule has 0 heterocycles. The Morgan fingerprint density at radius 3 is 2.21 bits per heavy atom. The lowest BCUT2D eigenvalue weighted by Gasteiger charge is -2.38. The van der Waals surface area contributed by atoms with Gasteiger partial charge in [-0.1, -0.05) is 19.3 Å². The average molecular weight is 198 g/mol. The molecular formula is C12H26N2. The minimum absolute atomic E-state index is 0.209. The molecule has 2 N–H and O–H groups in total. The average Bonchev–Trinajstić information content (AvgIpc) is 2.17. The highest BCUT2D eigenvalue weighted by atomic mass is 15.0. The third-order valence-electron chi connectivity index (χ3n) is 3.59. The molecule has 0 spiro atoms. The van der Waals surface area contributed by atoms with E-state index in [1.807, 2.05) is 7.05 Å². The van der Waals surface area contributed by atoms with E-state index in [4.69, 9.17) is 0 Å². The van der Waals surface area contributed by atoms with Gasteiger partial charge in [-0.3, -0.25) is 0 Å². The van der Waals surface area contributed by atoms with Crippen LogP contribution in [0.2, 0.25) is 0 Å². The highest BCUT2D eigenvalue weighted by Gasteiger charge is 2.28. The Kier molecular flexibility index (Phi) is 3.96. The van der Waals surface area contributed by atoms with Crippen molar-refractivity contribution in [3.8, 4) is 0 Å². The van der Waals surface area contributed by atoms with Crippen LogP contribution in [0.1, 0.15) is 52.9 Å². The molecule has 0 saturated heterocycles.